The number of carbonyl (C=O) groups excluding carboxylic acids is 1. The molecule has 3 heterocycles. The fourth-order valence-electron chi connectivity index (χ4n) is 2.90. The highest BCUT2D eigenvalue weighted by Crippen LogP contribution is 2.18. The third-order valence-electron chi connectivity index (χ3n) is 4.25. The summed E-state index contributed by atoms with van der Waals surface area (Å²) in [5, 5.41) is 8.50. The molecule has 132 valence electrons. The molecule has 1 fully saturated rings. The highest BCUT2D eigenvalue weighted by Gasteiger charge is 2.26. The lowest BCUT2D eigenvalue weighted by Crippen LogP contribution is -2.42. The van der Waals surface area contributed by atoms with Gasteiger partial charge in [-0.3, -0.25) is 9.78 Å². The van der Waals surface area contributed by atoms with Gasteiger partial charge in [-0.1, -0.05) is 18.2 Å². The van der Waals surface area contributed by atoms with Crippen LogP contribution >= 0.6 is 0 Å². The quantitative estimate of drug-likeness (QED) is 0.712. The van der Waals surface area contributed by atoms with Crippen molar-refractivity contribution in [3.8, 4) is 11.6 Å². The Balaban J connectivity index is 1.36. The number of carbonyl (C=O) groups is 1. The van der Waals surface area contributed by atoms with E-state index in [1.807, 2.05) is 30.3 Å². The minimum Gasteiger partial charge on any atom is -0.473 e. The van der Waals surface area contributed by atoms with Gasteiger partial charge in [-0.2, -0.15) is 9.90 Å². The summed E-state index contributed by atoms with van der Waals surface area (Å²) >= 11 is 0. The summed E-state index contributed by atoms with van der Waals surface area (Å²) in [6.07, 6.45) is 7.85. The first-order chi connectivity index (χ1) is 12.8. The summed E-state index contributed by atoms with van der Waals surface area (Å²) in [6.45, 7) is 1.23. The van der Waals surface area contributed by atoms with Crippen LogP contribution in [-0.4, -0.2) is 55.0 Å². The molecule has 3 aromatic rings. The normalized spacial score (nSPS) is 15.0. The maximum atomic E-state index is 12.7. The van der Waals surface area contributed by atoms with Gasteiger partial charge >= 0.3 is 0 Å². The average Bonchev–Trinajstić information content (AvgIpc) is 3.20. The monoisotopic (exact) mass is 350 g/mol. The lowest BCUT2D eigenvalue weighted by molar-refractivity contribution is 0.0581. The van der Waals surface area contributed by atoms with E-state index in [4.69, 9.17) is 4.74 Å². The van der Waals surface area contributed by atoms with Gasteiger partial charge in [0.05, 0.1) is 18.1 Å². The van der Waals surface area contributed by atoms with Gasteiger partial charge in [0.1, 0.15) is 6.10 Å². The summed E-state index contributed by atoms with van der Waals surface area (Å²) in [5.41, 5.74) is 1.17. The van der Waals surface area contributed by atoms with Crippen molar-refractivity contribution in [1.29, 1.82) is 0 Å². The van der Waals surface area contributed by atoms with Crippen LogP contribution in [0.2, 0.25) is 0 Å². The number of ether oxygens (including phenoxy) is 1. The van der Waals surface area contributed by atoms with E-state index >= 15 is 0 Å². The van der Waals surface area contributed by atoms with Crippen molar-refractivity contribution < 1.29 is 9.53 Å². The number of aromatic nitrogens is 5. The molecule has 0 N–H and O–H groups in total. The zero-order valence-electron chi connectivity index (χ0n) is 14.1. The molecule has 1 aliphatic rings. The molecule has 0 spiro atoms. The van der Waals surface area contributed by atoms with Gasteiger partial charge in [0, 0.05) is 38.3 Å². The predicted molar refractivity (Wildman–Crippen MR) is 92.9 cm³/mol. The number of rotatable bonds is 4. The van der Waals surface area contributed by atoms with Crippen LogP contribution in [0.25, 0.3) is 5.69 Å². The third kappa shape index (κ3) is 3.53. The number of para-hydroxylation sites is 1. The second-order valence-corrected chi connectivity index (χ2v) is 6.01. The summed E-state index contributed by atoms with van der Waals surface area (Å²) in [6, 6.07) is 9.52. The highest BCUT2D eigenvalue weighted by atomic mass is 16.5. The topological polar surface area (TPSA) is 86.0 Å². The van der Waals surface area contributed by atoms with Gasteiger partial charge in [0.25, 0.3) is 5.91 Å². The van der Waals surface area contributed by atoms with E-state index in [1.165, 1.54) is 11.0 Å². The lowest BCUT2D eigenvalue weighted by atomic mass is 10.1. The standard InChI is InChI=1S/C18H18N6O2/c25-18(16-12-21-24(22-16)14-4-2-1-3-5-14)23-10-6-15(7-11-23)26-17-13-19-8-9-20-17/h1-5,8-9,12-13,15H,6-7,10-11H2. The van der Waals surface area contributed by atoms with Crippen LogP contribution in [0.15, 0.2) is 55.1 Å². The second kappa shape index (κ2) is 7.30. The number of nitrogens with zero attached hydrogens (tertiary/aromatic N) is 6. The number of benzene rings is 1. The number of likely N-dealkylation sites (tertiary alicyclic amines) is 1. The van der Waals surface area contributed by atoms with E-state index in [9.17, 15) is 4.79 Å². The molecule has 1 saturated heterocycles. The molecule has 1 aliphatic heterocycles. The number of piperidine rings is 1. The van der Waals surface area contributed by atoms with Crippen LogP contribution in [0.1, 0.15) is 23.3 Å². The Hall–Kier alpha value is -3.29. The van der Waals surface area contributed by atoms with Crippen LogP contribution in [0.4, 0.5) is 0 Å². The van der Waals surface area contributed by atoms with Crippen molar-refractivity contribution in [2.24, 2.45) is 0 Å². The van der Waals surface area contributed by atoms with Crippen LogP contribution in [-0.2, 0) is 0 Å². The number of amides is 1. The molecule has 0 saturated carbocycles. The maximum Gasteiger partial charge on any atom is 0.276 e. The third-order valence-corrected chi connectivity index (χ3v) is 4.25. The second-order valence-electron chi connectivity index (χ2n) is 6.01. The van der Waals surface area contributed by atoms with Crippen LogP contribution in [0.3, 0.4) is 0 Å². The van der Waals surface area contributed by atoms with E-state index in [0.717, 1.165) is 18.5 Å². The molecule has 1 aromatic carbocycles. The van der Waals surface area contributed by atoms with Crippen LogP contribution in [0.5, 0.6) is 5.88 Å². The number of hydrogen-bond donors (Lipinski definition) is 0. The molecule has 0 bridgehead atoms. The molecule has 8 nitrogen and oxygen atoms in total. The first-order valence-corrected chi connectivity index (χ1v) is 8.49. The molecule has 4 rings (SSSR count). The fraction of sp³-hybridized carbons (Fsp3) is 0.278. The first kappa shape index (κ1) is 16.2. The maximum absolute atomic E-state index is 12.7. The molecule has 0 unspecified atom stereocenters. The minimum absolute atomic E-state index is 0.0377. The molecule has 0 radical (unpaired) electrons. The summed E-state index contributed by atoms with van der Waals surface area (Å²) in [5.74, 6) is 0.410. The Morgan fingerprint density at radius 1 is 1.08 bits per heavy atom. The zero-order chi connectivity index (χ0) is 17.8. The molecule has 26 heavy (non-hydrogen) atoms. The van der Waals surface area contributed by atoms with Crippen molar-refractivity contribution in [3.63, 3.8) is 0 Å². The van der Waals surface area contributed by atoms with Gasteiger partial charge < -0.3 is 9.64 Å². The largest absolute Gasteiger partial charge is 0.473 e. The van der Waals surface area contributed by atoms with Crippen molar-refractivity contribution >= 4 is 5.91 Å². The Labute approximate surface area is 150 Å². The van der Waals surface area contributed by atoms with Gasteiger partial charge in [-0.05, 0) is 12.1 Å². The van der Waals surface area contributed by atoms with E-state index < -0.39 is 0 Å². The van der Waals surface area contributed by atoms with E-state index in [0.29, 0.717) is 24.7 Å². The lowest BCUT2D eigenvalue weighted by Gasteiger charge is -2.31. The van der Waals surface area contributed by atoms with Crippen molar-refractivity contribution in [1.82, 2.24) is 29.9 Å². The molecule has 2 aromatic heterocycles. The highest BCUT2D eigenvalue weighted by molar-refractivity contribution is 5.92. The van der Waals surface area contributed by atoms with Gasteiger partial charge in [-0.25, -0.2) is 4.98 Å². The van der Waals surface area contributed by atoms with Crippen molar-refractivity contribution in [2.75, 3.05) is 13.1 Å². The molecule has 0 aliphatic carbocycles. The molecule has 1 amide bonds. The minimum atomic E-state index is -0.106. The first-order valence-electron chi connectivity index (χ1n) is 8.49. The Bertz CT molecular complexity index is 860. The molecular formula is C18H18N6O2. The Morgan fingerprint density at radius 2 is 1.88 bits per heavy atom. The SMILES string of the molecule is O=C(c1cnn(-c2ccccc2)n1)N1CCC(Oc2cnccn2)CC1. The average molecular weight is 350 g/mol. The van der Waals surface area contributed by atoms with Crippen molar-refractivity contribution in [3.05, 3.63) is 60.8 Å². The predicted octanol–water partition coefficient (Wildman–Crippen LogP) is 1.74. The Morgan fingerprint density at radius 3 is 2.62 bits per heavy atom. The summed E-state index contributed by atoms with van der Waals surface area (Å²) < 4.78 is 5.81. The molecular weight excluding hydrogens is 332 g/mol. The molecule has 8 heteroatoms. The van der Waals surface area contributed by atoms with Gasteiger partial charge in [0.2, 0.25) is 5.88 Å². The van der Waals surface area contributed by atoms with E-state index in [2.05, 4.69) is 20.2 Å². The molecule has 0 atom stereocenters. The van der Waals surface area contributed by atoms with Gasteiger partial charge in [-0.15, -0.1) is 5.10 Å². The van der Waals surface area contributed by atoms with Crippen LogP contribution < -0.4 is 4.74 Å². The smallest absolute Gasteiger partial charge is 0.276 e. The Kier molecular flexibility index (Phi) is 4.55. The summed E-state index contributed by atoms with van der Waals surface area (Å²) in [7, 11) is 0. The number of hydrogen-bond acceptors (Lipinski definition) is 6. The fourth-order valence-corrected chi connectivity index (χ4v) is 2.90. The van der Waals surface area contributed by atoms with E-state index in [-0.39, 0.29) is 12.0 Å². The van der Waals surface area contributed by atoms with Gasteiger partial charge in [0.15, 0.2) is 5.69 Å². The zero-order valence-corrected chi connectivity index (χ0v) is 14.1. The van der Waals surface area contributed by atoms with Crippen LogP contribution in [0, 0.1) is 0 Å². The summed E-state index contributed by atoms with van der Waals surface area (Å²) in [4.78, 5) is 24.0. The van der Waals surface area contributed by atoms with E-state index in [1.54, 1.807) is 23.5 Å². The van der Waals surface area contributed by atoms with Crippen molar-refractivity contribution in [2.45, 2.75) is 18.9 Å².